The molecule has 4 N–H and O–H groups in total. The SMILES string of the molecule is O=NN(N=O)[C@@H](CCC(=O)N[C@@H](CS)C(=O)NCC(=O)O)C(=O)O. The van der Waals surface area contributed by atoms with Crippen molar-refractivity contribution in [3.8, 4) is 0 Å². The highest BCUT2D eigenvalue weighted by molar-refractivity contribution is 7.80. The number of amides is 2. The molecule has 2 amide bonds. The van der Waals surface area contributed by atoms with Crippen molar-refractivity contribution < 1.29 is 29.4 Å². The molecule has 0 spiro atoms. The highest BCUT2D eigenvalue weighted by atomic mass is 32.1. The summed E-state index contributed by atoms with van der Waals surface area (Å²) >= 11 is 3.84. The fourth-order valence-corrected chi connectivity index (χ4v) is 1.74. The van der Waals surface area contributed by atoms with Gasteiger partial charge in [0.25, 0.3) is 0 Å². The van der Waals surface area contributed by atoms with Crippen LogP contribution < -0.4 is 10.6 Å². The number of nitrogens with zero attached hydrogens (tertiary/aromatic N) is 3. The predicted octanol–water partition coefficient (Wildman–Crippen LogP) is -1.50. The van der Waals surface area contributed by atoms with Crippen LogP contribution in [0.2, 0.25) is 0 Å². The fraction of sp³-hybridized carbons (Fsp3) is 0.600. The van der Waals surface area contributed by atoms with E-state index in [4.69, 9.17) is 10.2 Å². The van der Waals surface area contributed by atoms with Crippen LogP contribution in [-0.2, 0) is 19.2 Å². The van der Waals surface area contributed by atoms with E-state index >= 15 is 0 Å². The highest BCUT2D eigenvalue weighted by Crippen LogP contribution is 2.09. The minimum atomic E-state index is -1.74. The van der Waals surface area contributed by atoms with E-state index < -0.39 is 55.2 Å². The number of carboxylic acids is 2. The monoisotopic (exact) mass is 365 g/mol. The van der Waals surface area contributed by atoms with Gasteiger partial charge in [-0.15, -0.1) is 9.81 Å². The van der Waals surface area contributed by atoms with Crippen LogP contribution in [0.5, 0.6) is 0 Å². The lowest BCUT2D eigenvalue weighted by molar-refractivity contribution is -0.144. The molecule has 0 rings (SSSR count). The van der Waals surface area contributed by atoms with Crippen molar-refractivity contribution in [2.24, 2.45) is 10.6 Å². The number of carboxylic acid groups (broad SMARTS) is 2. The summed E-state index contributed by atoms with van der Waals surface area (Å²) in [4.78, 5) is 65.1. The van der Waals surface area contributed by atoms with E-state index in [9.17, 15) is 29.0 Å². The minimum absolute atomic E-state index is 0.134. The number of nitrogens with one attached hydrogen (secondary N) is 2. The van der Waals surface area contributed by atoms with Gasteiger partial charge in [-0.1, -0.05) is 5.12 Å². The molecular formula is C10H15N5O8S. The van der Waals surface area contributed by atoms with Gasteiger partial charge in [0, 0.05) is 12.2 Å². The zero-order valence-corrected chi connectivity index (χ0v) is 13.0. The Kier molecular flexibility index (Phi) is 9.62. The number of hydrogen-bond acceptors (Lipinski definition) is 9. The van der Waals surface area contributed by atoms with Crippen LogP contribution in [0.4, 0.5) is 0 Å². The molecule has 13 nitrogen and oxygen atoms in total. The summed E-state index contributed by atoms with van der Waals surface area (Å²) in [6.45, 7) is -0.648. The van der Waals surface area contributed by atoms with E-state index in [1.54, 1.807) is 0 Å². The maximum absolute atomic E-state index is 11.7. The van der Waals surface area contributed by atoms with Gasteiger partial charge in [0.05, 0.1) is 10.6 Å². The van der Waals surface area contributed by atoms with Gasteiger partial charge < -0.3 is 20.8 Å². The number of nitroso groups, excluding NO2 is 2. The van der Waals surface area contributed by atoms with Gasteiger partial charge in [-0.05, 0) is 6.42 Å². The summed E-state index contributed by atoms with van der Waals surface area (Å²) in [7, 11) is 0. The Morgan fingerprint density at radius 1 is 1.12 bits per heavy atom. The lowest BCUT2D eigenvalue weighted by atomic mass is 10.1. The lowest BCUT2D eigenvalue weighted by Crippen LogP contribution is -2.49. The summed E-state index contributed by atoms with van der Waals surface area (Å²) in [5, 5.41) is 25.6. The average molecular weight is 365 g/mol. The molecule has 0 aliphatic carbocycles. The Labute approximate surface area is 140 Å². The number of hydrogen-bond donors (Lipinski definition) is 5. The van der Waals surface area contributed by atoms with Gasteiger partial charge in [0.1, 0.15) is 12.6 Å². The van der Waals surface area contributed by atoms with Crippen molar-refractivity contribution >= 4 is 36.4 Å². The first-order valence-corrected chi connectivity index (χ1v) is 6.98. The molecule has 0 heterocycles. The molecule has 0 aromatic carbocycles. The lowest BCUT2D eigenvalue weighted by Gasteiger charge is -2.17. The van der Waals surface area contributed by atoms with E-state index in [1.165, 1.54) is 0 Å². The molecule has 0 aliphatic rings. The Morgan fingerprint density at radius 2 is 1.71 bits per heavy atom. The molecule has 0 fully saturated rings. The third-order valence-electron chi connectivity index (χ3n) is 2.62. The van der Waals surface area contributed by atoms with Gasteiger partial charge in [-0.3, -0.25) is 14.4 Å². The molecule has 24 heavy (non-hydrogen) atoms. The molecule has 0 saturated carbocycles. The first-order chi connectivity index (χ1) is 11.3. The van der Waals surface area contributed by atoms with Gasteiger partial charge in [0.2, 0.25) is 11.8 Å². The van der Waals surface area contributed by atoms with Crippen LogP contribution >= 0.6 is 12.6 Å². The Hall–Kier alpha value is -2.77. The number of rotatable bonds is 12. The molecule has 0 saturated heterocycles. The molecule has 0 bridgehead atoms. The normalized spacial score (nSPS) is 12.4. The topological polar surface area (TPSA) is 195 Å². The first-order valence-electron chi connectivity index (χ1n) is 6.35. The van der Waals surface area contributed by atoms with Crippen molar-refractivity contribution in [2.75, 3.05) is 12.3 Å². The largest absolute Gasteiger partial charge is 0.480 e. The number of carbonyl (C=O) groups is 4. The molecule has 2 atom stereocenters. The van der Waals surface area contributed by atoms with E-state index in [0.717, 1.165) is 0 Å². The predicted molar refractivity (Wildman–Crippen MR) is 80.5 cm³/mol. The minimum Gasteiger partial charge on any atom is -0.480 e. The second-order valence-electron chi connectivity index (χ2n) is 4.29. The quantitative estimate of drug-likeness (QED) is 0.155. The average Bonchev–Trinajstić information content (AvgIpc) is 2.53. The highest BCUT2D eigenvalue weighted by Gasteiger charge is 2.28. The van der Waals surface area contributed by atoms with E-state index in [1.807, 2.05) is 5.32 Å². The third-order valence-corrected chi connectivity index (χ3v) is 2.99. The van der Waals surface area contributed by atoms with Crippen LogP contribution in [-0.4, -0.2) is 63.5 Å². The van der Waals surface area contributed by atoms with E-state index in [2.05, 4.69) is 28.5 Å². The Morgan fingerprint density at radius 3 is 2.12 bits per heavy atom. The van der Waals surface area contributed by atoms with Gasteiger partial charge in [-0.2, -0.15) is 12.6 Å². The molecule has 134 valence electrons. The summed E-state index contributed by atoms with van der Waals surface area (Å²) in [6, 6.07) is -2.88. The van der Waals surface area contributed by atoms with Crippen molar-refractivity contribution in [2.45, 2.75) is 24.9 Å². The third kappa shape index (κ3) is 7.48. The van der Waals surface area contributed by atoms with Crippen molar-refractivity contribution in [1.29, 1.82) is 0 Å². The second kappa shape index (κ2) is 10.9. The van der Waals surface area contributed by atoms with Crippen LogP contribution in [0.15, 0.2) is 10.6 Å². The zero-order chi connectivity index (χ0) is 18.7. The van der Waals surface area contributed by atoms with Crippen LogP contribution in [0.25, 0.3) is 0 Å². The standard InChI is InChI=1S/C10H15N5O8S/c16-7(2-1-6(10(20)21)15(13-22)14-23)12-5(4-24)9(19)11-3-8(17)18/h5-6,24H,1-4H2,(H,11,19)(H,12,16)(H,17,18)(H,20,21)/t5-,6-/m0/s1. The van der Waals surface area contributed by atoms with Crippen molar-refractivity contribution in [3.63, 3.8) is 0 Å². The summed E-state index contributed by atoms with van der Waals surface area (Å²) in [5.74, 6) is -4.58. The molecule has 0 aromatic rings. The zero-order valence-electron chi connectivity index (χ0n) is 12.1. The number of thiol groups is 1. The molecule has 0 aliphatic heterocycles. The fourth-order valence-electron chi connectivity index (χ4n) is 1.48. The number of carbonyl (C=O) groups excluding carboxylic acids is 2. The summed E-state index contributed by atoms with van der Waals surface area (Å²) in [6.07, 6.45) is -0.941. The van der Waals surface area contributed by atoms with Gasteiger partial charge >= 0.3 is 11.9 Å². The molecule has 0 radical (unpaired) electrons. The van der Waals surface area contributed by atoms with Crippen molar-refractivity contribution in [3.05, 3.63) is 9.81 Å². The maximum Gasteiger partial charge on any atom is 0.330 e. The Bertz CT molecular complexity index is 507. The van der Waals surface area contributed by atoms with Crippen LogP contribution in [0, 0.1) is 9.81 Å². The van der Waals surface area contributed by atoms with E-state index in [-0.39, 0.29) is 10.9 Å². The van der Waals surface area contributed by atoms with E-state index in [0.29, 0.717) is 0 Å². The second-order valence-corrected chi connectivity index (χ2v) is 4.66. The van der Waals surface area contributed by atoms with Gasteiger partial charge in [-0.25, -0.2) is 4.79 Å². The Balaban J connectivity index is 4.60. The molecule has 0 unspecified atom stereocenters. The molecular weight excluding hydrogens is 350 g/mol. The molecule has 14 heteroatoms. The van der Waals surface area contributed by atoms with Gasteiger partial charge in [0.15, 0.2) is 6.04 Å². The first kappa shape index (κ1) is 21.2. The van der Waals surface area contributed by atoms with Crippen molar-refractivity contribution in [1.82, 2.24) is 15.8 Å². The summed E-state index contributed by atoms with van der Waals surface area (Å²) < 4.78 is 0. The molecule has 0 aromatic heterocycles. The number of aliphatic carboxylic acids is 2. The van der Waals surface area contributed by atoms with Crippen LogP contribution in [0.3, 0.4) is 0 Å². The maximum atomic E-state index is 11.7. The van der Waals surface area contributed by atoms with Crippen LogP contribution in [0.1, 0.15) is 12.8 Å². The smallest absolute Gasteiger partial charge is 0.330 e. The summed E-state index contributed by atoms with van der Waals surface area (Å²) in [5.41, 5.74) is 0.